The maximum Gasteiger partial charge on any atom is 0.224 e. The Morgan fingerprint density at radius 1 is 1.44 bits per heavy atom. The predicted octanol–water partition coefficient (Wildman–Crippen LogP) is 1.45. The van der Waals surface area contributed by atoms with E-state index in [1.54, 1.807) is 6.20 Å². The molecule has 0 aliphatic heterocycles. The van der Waals surface area contributed by atoms with Gasteiger partial charge in [-0.25, -0.2) is 0 Å². The highest BCUT2D eigenvalue weighted by Crippen LogP contribution is 2.12. The van der Waals surface area contributed by atoms with Crippen molar-refractivity contribution >= 4 is 16.8 Å². The summed E-state index contributed by atoms with van der Waals surface area (Å²) in [6.45, 7) is 2.66. The summed E-state index contributed by atoms with van der Waals surface area (Å²) in [5, 5.41) is 3.94. The van der Waals surface area contributed by atoms with Gasteiger partial charge in [-0.1, -0.05) is 25.1 Å². The van der Waals surface area contributed by atoms with Crippen molar-refractivity contribution in [2.24, 2.45) is 11.7 Å². The molecular formula is C14H17N3O. The number of carbonyl (C=O) groups excluding carboxylic acids is 1. The Balaban J connectivity index is 2.06. The standard InChI is InChI=1S/C14H17N3O/c1-10(7-15)14(18)17-9-11-6-12-4-2-3-5-13(12)16-8-11/h2-6,8,10H,7,9,15H2,1H3,(H,17,18). The molecule has 3 N–H and O–H groups in total. The molecule has 0 fully saturated rings. The molecule has 94 valence electrons. The minimum Gasteiger partial charge on any atom is -0.352 e. The summed E-state index contributed by atoms with van der Waals surface area (Å²) in [5.74, 6) is -0.177. The van der Waals surface area contributed by atoms with E-state index in [1.807, 2.05) is 37.3 Å². The fourth-order valence-corrected chi connectivity index (χ4v) is 1.68. The van der Waals surface area contributed by atoms with Gasteiger partial charge in [-0.15, -0.1) is 0 Å². The molecule has 1 unspecified atom stereocenters. The molecule has 0 aliphatic carbocycles. The van der Waals surface area contributed by atoms with Crippen molar-refractivity contribution in [1.29, 1.82) is 0 Å². The summed E-state index contributed by atoms with van der Waals surface area (Å²) < 4.78 is 0. The number of nitrogens with two attached hydrogens (primary N) is 1. The molecule has 0 saturated carbocycles. The highest BCUT2D eigenvalue weighted by Gasteiger charge is 2.09. The van der Waals surface area contributed by atoms with Gasteiger partial charge in [0, 0.05) is 30.6 Å². The van der Waals surface area contributed by atoms with E-state index < -0.39 is 0 Å². The SMILES string of the molecule is CC(CN)C(=O)NCc1cnc2ccccc2c1. The fraction of sp³-hybridized carbons (Fsp3) is 0.286. The summed E-state index contributed by atoms with van der Waals surface area (Å²) in [4.78, 5) is 15.9. The first-order valence-electron chi connectivity index (χ1n) is 6.02. The number of aromatic nitrogens is 1. The molecule has 0 spiro atoms. The molecule has 0 bridgehead atoms. The van der Waals surface area contributed by atoms with Crippen molar-refractivity contribution in [1.82, 2.24) is 10.3 Å². The van der Waals surface area contributed by atoms with Crippen molar-refractivity contribution in [3.8, 4) is 0 Å². The topological polar surface area (TPSA) is 68.0 Å². The van der Waals surface area contributed by atoms with Crippen molar-refractivity contribution in [2.45, 2.75) is 13.5 Å². The molecule has 0 radical (unpaired) electrons. The number of hydrogen-bond acceptors (Lipinski definition) is 3. The third-order valence-corrected chi connectivity index (χ3v) is 2.91. The van der Waals surface area contributed by atoms with E-state index in [1.165, 1.54) is 0 Å². The molecule has 18 heavy (non-hydrogen) atoms. The molecule has 1 amide bonds. The van der Waals surface area contributed by atoms with E-state index in [2.05, 4.69) is 10.3 Å². The number of rotatable bonds is 4. The number of benzene rings is 1. The van der Waals surface area contributed by atoms with Crippen molar-refractivity contribution in [3.05, 3.63) is 42.1 Å². The first kappa shape index (κ1) is 12.5. The monoisotopic (exact) mass is 243 g/mol. The summed E-state index contributed by atoms with van der Waals surface area (Å²) >= 11 is 0. The summed E-state index contributed by atoms with van der Waals surface area (Å²) in [7, 11) is 0. The van der Waals surface area contributed by atoms with Gasteiger partial charge in [-0.2, -0.15) is 0 Å². The van der Waals surface area contributed by atoms with Crippen LogP contribution < -0.4 is 11.1 Å². The Kier molecular flexibility index (Phi) is 3.89. The Morgan fingerprint density at radius 3 is 3.00 bits per heavy atom. The zero-order chi connectivity index (χ0) is 13.0. The molecule has 0 aliphatic rings. The first-order chi connectivity index (χ1) is 8.70. The minimum absolute atomic E-state index is 0.0225. The van der Waals surface area contributed by atoms with Gasteiger partial charge in [-0.05, 0) is 17.7 Å². The predicted molar refractivity (Wildman–Crippen MR) is 71.8 cm³/mol. The molecule has 4 nitrogen and oxygen atoms in total. The van der Waals surface area contributed by atoms with Gasteiger partial charge >= 0.3 is 0 Å². The Hall–Kier alpha value is -1.94. The first-order valence-corrected chi connectivity index (χ1v) is 6.02. The van der Waals surface area contributed by atoms with Crippen molar-refractivity contribution in [3.63, 3.8) is 0 Å². The maximum atomic E-state index is 11.6. The summed E-state index contributed by atoms with van der Waals surface area (Å²) in [5.41, 5.74) is 7.40. The van der Waals surface area contributed by atoms with Crippen LogP contribution in [0.2, 0.25) is 0 Å². The van der Waals surface area contributed by atoms with Gasteiger partial charge in [0.1, 0.15) is 0 Å². The molecule has 1 atom stereocenters. The number of nitrogens with zero attached hydrogens (tertiary/aromatic N) is 1. The van der Waals surface area contributed by atoms with Crippen LogP contribution in [0.4, 0.5) is 0 Å². The van der Waals surface area contributed by atoms with Gasteiger partial charge in [0.15, 0.2) is 0 Å². The lowest BCUT2D eigenvalue weighted by molar-refractivity contribution is -0.124. The molecule has 0 saturated heterocycles. The minimum atomic E-state index is -0.154. The van der Waals surface area contributed by atoms with Gasteiger partial charge < -0.3 is 11.1 Å². The van der Waals surface area contributed by atoms with Crippen LogP contribution in [0.25, 0.3) is 10.9 Å². The van der Waals surface area contributed by atoms with Gasteiger partial charge in [-0.3, -0.25) is 9.78 Å². The van der Waals surface area contributed by atoms with E-state index in [9.17, 15) is 4.79 Å². The lowest BCUT2D eigenvalue weighted by Crippen LogP contribution is -2.32. The summed E-state index contributed by atoms with van der Waals surface area (Å²) in [6.07, 6.45) is 1.79. The average molecular weight is 243 g/mol. The third kappa shape index (κ3) is 2.84. The Bertz CT molecular complexity index is 553. The summed E-state index contributed by atoms with van der Waals surface area (Å²) in [6, 6.07) is 9.95. The van der Waals surface area contributed by atoms with E-state index >= 15 is 0 Å². The van der Waals surface area contributed by atoms with Gasteiger partial charge in [0.2, 0.25) is 5.91 Å². The van der Waals surface area contributed by atoms with Crippen LogP contribution in [0.5, 0.6) is 0 Å². The zero-order valence-corrected chi connectivity index (χ0v) is 10.4. The van der Waals surface area contributed by atoms with Crippen LogP contribution in [-0.2, 0) is 11.3 Å². The molecule has 4 heteroatoms. The largest absolute Gasteiger partial charge is 0.352 e. The quantitative estimate of drug-likeness (QED) is 0.854. The van der Waals surface area contributed by atoms with Gasteiger partial charge in [0.05, 0.1) is 5.52 Å². The van der Waals surface area contributed by atoms with Crippen molar-refractivity contribution in [2.75, 3.05) is 6.54 Å². The highest BCUT2D eigenvalue weighted by atomic mass is 16.1. The van der Waals surface area contributed by atoms with Crippen LogP contribution in [0.3, 0.4) is 0 Å². The number of amides is 1. The van der Waals surface area contributed by atoms with Crippen LogP contribution in [-0.4, -0.2) is 17.4 Å². The van der Waals surface area contributed by atoms with E-state index in [0.29, 0.717) is 13.1 Å². The van der Waals surface area contributed by atoms with Crippen LogP contribution in [0.1, 0.15) is 12.5 Å². The lowest BCUT2D eigenvalue weighted by Gasteiger charge is -2.10. The Morgan fingerprint density at radius 2 is 2.22 bits per heavy atom. The lowest BCUT2D eigenvalue weighted by atomic mass is 10.1. The molecule has 2 aromatic rings. The zero-order valence-electron chi connectivity index (χ0n) is 10.4. The molecule has 2 rings (SSSR count). The second kappa shape index (κ2) is 5.60. The number of fused-ring (bicyclic) bond motifs is 1. The molecular weight excluding hydrogens is 226 g/mol. The van der Waals surface area contributed by atoms with Gasteiger partial charge in [0.25, 0.3) is 0 Å². The second-order valence-corrected chi connectivity index (χ2v) is 4.39. The number of hydrogen-bond donors (Lipinski definition) is 2. The number of nitrogens with one attached hydrogen (secondary N) is 1. The second-order valence-electron chi connectivity index (χ2n) is 4.39. The number of carbonyl (C=O) groups is 1. The van der Waals surface area contributed by atoms with E-state index in [0.717, 1.165) is 16.5 Å². The molecule has 1 aromatic heterocycles. The third-order valence-electron chi connectivity index (χ3n) is 2.91. The van der Waals surface area contributed by atoms with Crippen molar-refractivity contribution < 1.29 is 4.79 Å². The maximum absolute atomic E-state index is 11.6. The Labute approximate surface area is 106 Å². The highest BCUT2D eigenvalue weighted by molar-refractivity contribution is 5.80. The van der Waals surface area contributed by atoms with Crippen LogP contribution in [0.15, 0.2) is 36.5 Å². The van der Waals surface area contributed by atoms with Crippen LogP contribution >= 0.6 is 0 Å². The normalized spacial score (nSPS) is 12.3. The number of para-hydroxylation sites is 1. The molecule has 1 heterocycles. The van der Waals surface area contributed by atoms with E-state index in [-0.39, 0.29) is 11.8 Å². The smallest absolute Gasteiger partial charge is 0.224 e. The number of pyridine rings is 1. The average Bonchev–Trinajstić information content (AvgIpc) is 2.43. The molecule has 1 aromatic carbocycles. The van der Waals surface area contributed by atoms with Crippen LogP contribution in [0, 0.1) is 5.92 Å². The van der Waals surface area contributed by atoms with E-state index in [4.69, 9.17) is 5.73 Å². The fourth-order valence-electron chi connectivity index (χ4n) is 1.68.